The molecule has 0 aromatic heterocycles. The molecule has 0 aliphatic carbocycles. The number of hydrogen-bond donors (Lipinski definition) is 2. The van der Waals surface area contributed by atoms with E-state index in [4.69, 9.17) is 63.2 Å². The van der Waals surface area contributed by atoms with E-state index >= 15 is 0 Å². The van der Waals surface area contributed by atoms with Crippen molar-refractivity contribution in [2.45, 2.75) is 99.3 Å². The van der Waals surface area contributed by atoms with E-state index in [1.54, 1.807) is 20.1 Å². The maximum absolute atomic E-state index is 12.4. The van der Waals surface area contributed by atoms with Gasteiger partial charge >= 0.3 is 6.09 Å². The molecule has 0 saturated carbocycles. The van der Waals surface area contributed by atoms with Gasteiger partial charge in [0.25, 0.3) is 0 Å². The van der Waals surface area contributed by atoms with Gasteiger partial charge in [-0.25, -0.2) is 4.79 Å². The number of methoxy groups -OCH3 is 2. The Balaban J connectivity index is 0.00000667. The van der Waals surface area contributed by atoms with Gasteiger partial charge in [0.2, 0.25) is 10.1 Å². The van der Waals surface area contributed by atoms with E-state index < -0.39 is 47.1 Å². The van der Waals surface area contributed by atoms with Crippen LogP contribution in [0.1, 0.15) is 58.8 Å². The molecule has 224 valence electrons. The van der Waals surface area contributed by atoms with Gasteiger partial charge in [0.05, 0.1) is 19.0 Å². The van der Waals surface area contributed by atoms with Gasteiger partial charge in [0.1, 0.15) is 31.0 Å². The van der Waals surface area contributed by atoms with Crippen LogP contribution in [0.4, 0.5) is 4.79 Å². The molecule has 0 spiro atoms. The minimum Gasteiger partial charge on any atom is -0.471 e. The smallest absolute Gasteiger partial charge is 0.407 e. The summed E-state index contributed by atoms with van der Waals surface area (Å²) in [7, 11) is 3.18. The zero-order valence-electron chi connectivity index (χ0n) is 23.0. The van der Waals surface area contributed by atoms with Gasteiger partial charge in [-0.05, 0) is 19.8 Å². The first-order valence-corrected chi connectivity index (χ1v) is 14.0. The maximum Gasteiger partial charge on any atom is 0.407 e. The van der Waals surface area contributed by atoms with Gasteiger partial charge in [-0.2, -0.15) is 0 Å². The Morgan fingerprint density at radius 1 is 1.16 bits per heavy atom. The highest BCUT2D eigenvalue weighted by Gasteiger charge is 2.48. The van der Waals surface area contributed by atoms with Crippen molar-refractivity contribution in [1.29, 1.82) is 0 Å². The molecule has 38 heavy (non-hydrogen) atoms. The van der Waals surface area contributed by atoms with Gasteiger partial charge < -0.3 is 38.8 Å². The molecule has 1 rings (SSSR count). The fraction of sp³-hybridized carbons (Fsp3) is 0.808. The number of rotatable bonds is 17. The number of carbonyl (C=O) groups excluding carboxylic acids is 1. The lowest BCUT2D eigenvalue weighted by molar-refractivity contribution is -0.264. The number of carbonyl (C=O) groups is 1. The Hall–Kier alpha value is -0.780. The van der Waals surface area contributed by atoms with Crippen molar-refractivity contribution in [3.63, 3.8) is 0 Å². The number of unbranched alkanes of at least 4 members (excludes halogenated alkanes) is 4. The maximum atomic E-state index is 12.4. The highest BCUT2D eigenvalue weighted by Crippen LogP contribution is 2.28. The molecule has 2 N–H and O–H groups in total. The van der Waals surface area contributed by atoms with E-state index in [9.17, 15) is 9.90 Å². The van der Waals surface area contributed by atoms with Crippen LogP contribution in [0.25, 0.3) is 0 Å². The van der Waals surface area contributed by atoms with E-state index in [0.29, 0.717) is 6.42 Å². The zero-order chi connectivity index (χ0) is 29.0. The molecule has 0 unspecified atom stereocenters. The first-order valence-electron chi connectivity index (χ1n) is 12.9. The van der Waals surface area contributed by atoms with Gasteiger partial charge in [-0.3, -0.25) is 0 Å². The second kappa shape index (κ2) is 22.0. The predicted octanol–water partition coefficient (Wildman–Crippen LogP) is 5.69. The molecule has 12 heteroatoms. The summed E-state index contributed by atoms with van der Waals surface area (Å²) >= 11 is 17.0. The van der Waals surface area contributed by atoms with Crippen molar-refractivity contribution >= 4 is 40.9 Å². The van der Waals surface area contributed by atoms with Crippen LogP contribution in [0.15, 0.2) is 25.5 Å². The van der Waals surface area contributed by atoms with Gasteiger partial charge in [-0.15, -0.1) is 13.2 Å². The molecule has 1 saturated heterocycles. The summed E-state index contributed by atoms with van der Waals surface area (Å²) in [6, 6.07) is -0.928. The summed E-state index contributed by atoms with van der Waals surface area (Å²) in [6.07, 6.45) is 5.91. The average Bonchev–Trinajstić information content (AvgIpc) is 2.89. The molecule has 1 heterocycles. The molecule has 1 aliphatic rings. The fourth-order valence-corrected chi connectivity index (χ4v) is 4.02. The summed E-state index contributed by atoms with van der Waals surface area (Å²) in [5.41, 5.74) is 0. The summed E-state index contributed by atoms with van der Waals surface area (Å²) < 4.78 is 31.6. The van der Waals surface area contributed by atoms with Crippen molar-refractivity contribution in [3.05, 3.63) is 25.5 Å². The highest BCUT2D eigenvalue weighted by molar-refractivity contribution is 6.67. The standard InChI is InChI=1S/C24H42Cl3NO8.C2H4/c1-5-7-8-9-10-11-17(32-4)12-14-33-21-19(28-23(30)35-16-24(25,26)27)22(34-13-6-2)36-18(15-31-3)20(21)29;1-2/h6,13,17-22,29H,5,7-12,14-16H2,1-4H3,(H,28,30);1-2H2/b13-6-;/t17-,18-,19-,20-,21-,22+;/m1./s1. The Bertz CT molecular complexity index is 638. The van der Waals surface area contributed by atoms with E-state index in [2.05, 4.69) is 25.4 Å². The minimum atomic E-state index is -1.77. The number of nitrogens with one attached hydrogen (secondary N) is 1. The number of hydrogen-bond acceptors (Lipinski definition) is 8. The number of amides is 1. The quantitative estimate of drug-likeness (QED) is 0.0942. The minimum absolute atomic E-state index is 0.0223. The van der Waals surface area contributed by atoms with E-state index in [0.717, 1.165) is 19.3 Å². The predicted molar refractivity (Wildman–Crippen MR) is 151 cm³/mol. The molecular weight excluding hydrogens is 561 g/mol. The molecule has 0 radical (unpaired) electrons. The summed E-state index contributed by atoms with van der Waals surface area (Å²) in [6.45, 7) is 9.87. The first kappa shape index (κ1) is 37.2. The average molecular weight is 607 g/mol. The van der Waals surface area contributed by atoms with Crippen LogP contribution in [0.3, 0.4) is 0 Å². The van der Waals surface area contributed by atoms with Crippen molar-refractivity contribution < 1.29 is 38.3 Å². The third-order valence-corrected chi connectivity index (χ3v) is 6.05. The number of allylic oxidation sites excluding steroid dienone is 1. The molecular formula is C26H46Cl3NO8. The topological polar surface area (TPSA) is 105 Å². The van der Waals surface area contributed by atoms with Crippen molar-refractivity contribution in [2.24, 2.45) is 0 Å². The van der Waals surface area contributed by atoms with Crippen LogP contribution in [-0.4, -0.2) is 85.8 Å². The van der Waals surface area contributed by atoms with Crippen molar-refractivity contribution in [2.75, 3.05) is 34.0 Å². The Morgan fingerprint density at radius 3 is 2.42 bits per heavy atom. The fourth-order valence-electron chi connectivity index (χ4n) is 3.86. The molecule has 6 atom stereocenters. The van der Waals surface area contributed by atoms with Crippen molar-refractivity contribution in [1.82, 2.24) is 5.32 Å². The highest BCUT2D eigenvalue weighted by atomic mass is 35.6. The molecule has 0 aromatic rings. The first-order chi connectivity index (χ1) is 18.2. The van der Waals surface area contributed by atoms with Crippen LogP contribution in [0, 0.1) is 0 Å². The number of alkyl carbamates (subject to hydrolysis) is 1. The number of alkyl halides is 3. The monoisotopic (exact) mass is 605 g/mol. The lowest BCUT2D eigenvalue weighted by Crippen LogP contribution is -2.65. The van der Waals surface area contributed by atoms with E-state index in [1.807, 2.05) is 0 Å². The van der Waals surface area contributed by atoms with E-state index in [-0.39, 0.29) is 19.3 Å². The Kier molecular flexibility index (Phi) is 21.5. The Labute approximate surface area is 243 Å². The Morgan fingerprint density at radius 2 is 1.84 bits per heavy atom. The van der Waals surface area contributed by atoms with Crippen LogP contribution < -0.4 is 5.32 Å². The summed E-state index contributed by atoms with van der Waals surface area (Å²) in [5, 5.41) is 13.6. The molecule has 1 fully saturated rings. The molecule has 0 aromatic carbocycles. The SMILES string of the molecule is C/C=C\O[C@H]1O[C@H](COC)[C@@H](O)[C@H](OCC[C@@H](CCCCCCC)OC)[C@H]1NC(=O)OCC(Cl)(Cl)Cl.C=C. The van der Waals surface area contributed by atoms with Crippen LogP contribution in [-0.2, 0) is 28.4 Å². The zero-order valence-corrected chi connectivity index (χ0v) is 25.3. The molecule has 9 nitrogen and oxygen atoms in total. The molecule has 1 aliphatic heterocycles. The molecule has 0 bridgehead atoms. The third kappa shape index (κ3) is 15.7. The van der Waals surface area contributed by atoms with Crippen molar-refractivity contribution in [3.8, 4) is 0 Å². The third-order valence-electron chi connectivity index (χ3n) is 5.72. The summed E-state index contributed by atoms with van der Waals surface area (Å²) in [4.78, 5) is 12.4. The molecule has 1 amide bonds. The number of aliphatic hydroxyl groups excluding tert-OH is 1. The van der Waals surface area contributed by atoms with Gasteiger partial charge in [0.15, 0.2) is 0 Å². The van der Waals surface area contributed by atoms with Gasteiger partial charge in [-0.1, -0.05) is 79.9 Å². The second-order valence-corrected chi connectivity index (χ2v) is 11.2. The lowest BCUT2D eigenvalue weighted by atomic mass is 9.96. The van der Waals surface area contributed by atoms with Gasteiger partial charge in [0, 0.05) is 20.8 Å². The number of halogens is 3. The number of ether oxygens (including phenoxy) is 6. The summed E-state index contributed by atoms with van der Waals surface area (Å²) in [5.74, 6) is 0. The van der Waals surface area contributed by atoms with E-state index in [1.165, 1.54) is 32.6 Å². The number of aliphatic hydroxyl groups is 1. The normalized spacial score (nSPS) is 24.4. The van der Waals surface area contributed by atoms with Crippen LogP contribution in [0.2, 0.25) is 0 Å². The van der Waals surface area contributed by atoms with Crippen LogP contribution in [0.5, 0.6) is 0 Å². The second-order valence-electron chi connectivity index (χ2n) is 8.64. The van der Waals surface area contributed by atoms with Crippen LogP contribution >= 0.6 is 34.8 Å². The lowest BCUT2D eigenvalue weighted by Gasteiger charge is -2.43. The largest absolute Gasteiger partial charge is 0.471 e.